The zero-order valence-corrected chi connectivity index (χ0v) is 16.0. The maximum atomic E-state index is 12.9. The number of hydrogen-bond acceptors (Lipinski definition) is 4. The number of likely N-dealkylation sites (tertiary alicyclic amines) is 1. The molecule has 1 spiro atoms. The minimum atomic E-state index is -0.566. The quantitative estimate of drug-likeness (QED) is 0.813. The number of carbonyl (C=O) groups is 2. The Balaban J connectivity index is 1.29. The highest BCUT2D eigenvalue weighted by molar-refractivity contribution is 6.46. The summed E-state index contributed by atoms with van der Waals surface area (Å²) >= 11 is 0. The van der Waals surface area contributed by atoms with Crippen LogP contribution in [0.2, 0.25) is 0 Å². The fraction of sp³-hybridized carbons (Fsp3) is 0.318. The summed E-state index contributed by atoms with van der Waals surface area (Å²) < 4.78 is 12.9. The molecule has 0 atom stereocenters. The van der Waals surface area contributed by atoms with Gasteiger partial charge in [0.2, 0.25) is 5.91 Å². The maximum absolute atomic E-state index is 12.9. The summed E-state index contributed by atoms with van der Waals surface area (Å²) in [7, 11) is 0. The van der Waals surface area contributed by atoms with Gasteiger partial charge in [0.15, 0.2) is 0 Å². The molecular weight excluding hydrogens is 371 g/mol. The minimum absolute atomic E-state index is 0.0748. The zero-order chi connectivity index (χ0) is 20.3. The first-order chi connectivity index (χ1) is 14.0. The van der Waals surface area contributed by atoms with Crippen LogP contribution in [-0.4, -0.2) is 47.7 Å². The fourth-order valence-electron chi connectivity index (χ4n) is 3.73. The summed E-state index contributed by atoms with van der Waals surface area (Å²) in [5.41, 5.74) is 1.60. The molecular formula is C22H23FN4O2. The van der Waals surface area contributed by atoms with E-state index in [1.807, 2.05) is 30.3 Å². The largest absolute Gasteiger partial charge is 0.351 e. The number of rotatable bonds is 5. The molecule has 2 aliphatic rings. The molecule has 1 saturated heterocycles. The molecule has 0 saturated carbocycles. The van der Waals surface area contributed by atoms with Crippen molar-refractivity contribution in [1.82, 2.24) is 15.5 Å². The molecule has 0 unspecified atom stereocenters. The number of carbonyl (C=O) groups excluding carboxylic acids is 2. The first-order valence-corrected chi connectivity index (χ1v) is 9.74. The number of hydrogen-bond donors (Lipinski definition) is 2. The van der Waals surface area contributed by atoms with Crippen molar-refractivity contribution in [2.24, 2.45) is 4.99 Å². The predicted octanol–water partition coefficient (Wildman–Crippen LogP) is 1.85. The summed E-state index contributed by atoms with van der Waals surface area (Å²) in [6, 6.07) is 15.5. The smallest absolute Gasteiger partial charge is 0.272 e. The Hall–Kier alpha value is -3.06. The lowest BCUT2D eigenvalue weighted by Gasteiger charge is -2.36. The number of halogens is 1. The second-order valence-electron chi connectivity index (χ2n) is 7.49. The van der Waals surface area contributed by atoms with E-state index in [1.54, 1.807) is 12.1 Å². The normalized spacial score (nSPS) is 18.4. The van der Waals surface area contributed by atoms with Gasteiger partial charge in [0.05, 0.1) is 6.54 Å². The number of aliphatic imine (C=N–C) groups is 1. The molecule has 0 aliphatic carbocycles. The van der Waals surface area contributed by atoms with Crippen LogP contribution in [0, 0.1) is 5.82 Å². The van der Waals surface area contributed by atoms with E-state index in [0.717, 1.165) is 11.1 Å². The van der Waals surface area contributed by atoms with E-state index in [-0.39, 0.29) is 17.6 Å². The van der Waals surface area contributed by atoms with Gasteiger partial charge < -0.3 is 10.6 Å². The summed E-state index contributed by atoms with van der Waals surface area (Å²) in [4.78, 5) is 31.4. The van der Waals surface area contributed by atoms with Gasteiger partial charge in [-0.2, -0.15) is 0 Å². The Labute approximate surface area is 168 Å². The molecule has 29 heavy (non-hydrogen) atoms. The van der Waals surface area contributed by atoms with Crippen molar-refractivity contribution in [3.05, 3.63) is 71.5 Å². The average Bonchev–Trinajstić information content (AvgIpc) is 3.06. The van der Waals surface area contributed by atoms with Crippen LogP contribution in [-0.2, 0) is 16.1 Å². The molecule has 2 aromatic rings. The van der Waals surface area contributed by atoms with Crippen LogP contribution in [0.5, 0.6) is 0 Å². The van der Waals surface area contributed by atoms with Gasteiger partial charge in [0.1, 0.15) is 17.2 Å². The van der Waals surface area contributed by atoms with Gasteiger partial charge in [-0.05, 0) is 17.7 Å². The second-order valence-corrected chi connectivity index (χ2v) is 7.49. The summed E-state index contributed by atoms with van der Waals surface area (Å²) in [6.45, 7) is 2.02. The molecule has 2 aromatic carbocycles. The monoisotopic (exact) mass is 394 g/mol. The van der Waals surface area contributed by atoms with Crippen molar-refractivity contribution in [2.75, 3.05) is 19.6 Å². The molecule has 1 fully saturated rings. The van der Waals surface area contributed by atoms with Crippen LogP contribution >= 0.6 is 0 Å². The van der Waals surface area contributed by atoms with Crippen LogP contribution in [0.25, 0.3) is 0 Å². The third-order valence-electron chi connectivity index (χ3n) is 5.39. The Morgan fingerprint density at radius 3 is 2.48 bits per heavy atom. The second kappa shape index (κ2) is 8.13. The van der Waals surface area contributed by atoms with Gasteiger partial charge in [-0.3, -0.25) is 19.5 Å². The third kappa shape index (κ3) is 4.51. The van der Waals surface area contributed by atoms with E-state index in [9.17, 15) is 14.0 Å². The lowest BCUT2D eigenvalue weighted by Crippen LogP contribution is -2.52. The Morgan fingerprint density at radius 1 is 1.10 bits per heavy atom. The van der Waals surface area contributed by atoms with Crippen molar-refractivity contribution in [3.63, 3.8) is 0 Å². The van der Waals surface area contributed by atoms with Gasteiger partial charge in [-0.25, -0.2) is 4.39 Å². The number of nitrogens with one attached hydrogen (secondary N) is 2. The van der Waals surface area contributed by atoms with Gasteiger partial charge in [0, 0.05) is 38.0 Å². The molecule has 0 radical (unpaired) electrons. The van der Waals surface area contributed by atoms with Crippen LogP contribution in [0.15, 0.2) is 59.6 Å². The Morgan fingerprint density at radius 2 is 1.79 bits per heavy atom. The molecule has 2 N–H and O–H groups in total. The fourth-order valence-corrected chi connectivity index (χ4v) is 3.73. The van der Waals surface area contributed by atoms with Crippen LogP contribution < -0.4 is 10.6 Å². The first kappa shape index (κ1) is 19.3. The number of nitrogens with zero attached hydrogens (tertiary/aromatic N) is 2. The van der Waals surface area contributed by atoms with Crippen molar-refractivity contribution >= 4 is 17.5 Å². The molecule has 0 bridgehead atoms. The van der Waals surface area contributed by atoms with E-state index < -0.39 is 5.66 Å². The van der Waals surface area contributed by atoms with Crippen molar-refractivity contribution in [2.45, 2.75) is 25.0 Å². The SMILES string of the molecule is O=C(CN1CCC2(CC1)N=C(c1ccccc1)C(=O)N2)NCc1ccc(F)cc1. The standard InChI is InChI=1S/C22H23FN4O2/c23-18-8-6-16(7-9-18)14-24-19(28)15-27-12-10-22(11-13-27)25-20(21(29)26-22)17-4-2-1-3-5-17/h1-9H,10-15H2,(H,24,28)(H,26,29). The van der Waals surface area contributed by atoms with Crippen molar-refractivity contribution in [3.8, 4) is 0 Å². The summed E-state index contributed by atoms with van der Waals surface area (Å²) in [6.07, 6.45) is 1.33. The molecule has 6 nitrogen and oxygen atoms in total. The Kier molecular flexibility index (Phi) is 5.40. The highest BCUT2D eigenvalue weighted by Crippen LogP contribution is 2.28. The molecule has 7 heteroatoms. The maximum Gasteiger partial charge on any atom is 0.272 e. The lowest BCUT2D eigenvalue weighted by molar-refractivity contribution is -0.123. The van der Waals surface area contributed by atoms with Crippen LogP contribution in [0.4, 0.5) is 4.39 Å². The zero-order valence-electron chi connectivity index (χ0n) is 16.0. The summed E-state index contributed by atoms with van der Waals surface area (Å²) in [5, 5.41) is 5.90. The lowest BCUT2D eigenvalue weighted by atomic mass is 9.98. The van der Waals surface area contributed by atoms with E-state index in [1.165, 1.54) is 12.1 Å². The van der Waals surface area contributed by atoms with Crippen molar-refractivity contribution in [1.29, 1.82) is 0 Å². The van der Waals surface area contributed by atoms with Gasteiger partial charge in [-0.15, -0.1) is 0 Å². The van der Waals surface area contributed by atoms with Gasteiger partial charge in [-0.1, -0.05) is 42.5 Å². The van der Waals surface area contributed by atoms with Gasteiger partial charge in [0.25, 0.3) is 5.91 Å². The predicted molar refractivity (Wildman–Crippen MR) is 108 cm³/mol. The topological polar surface area (TPSA) is 73.8 Å². The molecule has 4 rings (SSSR count). The van der Waals surface area contributed by atoms with E-state index in [2.05, 4.69) is 15.5 Å². The first-order valence-electron chi connectivity index (χ1n) is 9.74. The minimum Gasteiger partial charge on any atom is -0.351 e. The van der Waals surface area contributed by atoms with E-state index in [0.29, 0.717) is 44.7 Å². The number of piperidine rings is 1. The third-order valence-corrected chi connectivity index (χ3v) is 5.39. The van der Waals surface area contributed by atoms with Crippen molar-refractivity contribution < 1.29 is 14.0 Å². The van der Waals surface area contributed by atoms with E-state index >= 15 is 0 Å². The molecule has 2 amide bonds. The molecule has 150 valence electrons. The molecule has 0 aromatic heterocycles. The Bertz CT molecular complexity index is 920. The highest BCUT2D eigenvalue weighted by atomic mass is 19.1. The number of benzene rings is 2. The average molecular weight is 394 g/mol. The number of amides is 2. The van der Waals surface area contributed by atoms with Crippen LogP contribution in [0.1, 0.15) is 24.0 Å². The van der Waals surface area contributed by atoms with E-state index in [4.69, 9.17) is 4.99 Å². The van der Waals surface area contributed by atoms with Gasteiger partial charge >= 0.3 is 0 Å². The highest BCUT2D eigenvalue weighted by Gasteiger charge is 2.42. The summed E-state index contributed by atoms with van der Waals surface area (Å²) in [5.74, 6) is -0.504. The van der Waals surface area contributed by atoms with Crippen LogP contribution in [0.3, 0.4) is 0 Å². The molecule has 2 heterocycles. The molecule has 2 aliphatic heterocycles.